The lowest BCUT2D eigenvalue weighted by Crippen LogP contribution is -2.30. The van der Waals surface area contributed by atoms with E-state index >= 15 is 0 Å². The average Bonchev–Trinajstić information content (AvgIpc) is 3.15. The summed E-state index contributed by atoms with van der Waals surface area (Å²) in [7, 11) is 2.22. The number of unbranched alkanes of at least 4 members (excludes halogenated alkanes) is 1. The Morgan fingerprint density at radius 3 is 2.53 bits per heavy atom. The monoisotopic (exact) mass is 405 g/mol. The van der Waals surface area contributed by atoms with Crippen molar-refractivity contribution in [3.8, 4) is 17.1 Å². The quantitative estimate of drug-likeness (QED) is 0.409. The molecule has 1 aliphatic rings. The van der Waals surface area contributed by atoms with E-state index in [4.69, 9.17) is 9.72 Å². The Hall–Kier alpha value is -2.33. The molecule has 3 aromatic rings. The molecule has 0 amide bonds. The van der Waals surface area contributed by atoms with E-state index in [1.807, 2.05) is 0 Å². The van der Waals surface area contributed by atoms with E-state index in [-0.39, 0.29) is 0 Å². The second-order valence-electron chi connectivity index (χ2n) is 8.69. The molecule has 0 N–H and O–H groups in total. The Bertz CT molecular complexity index is 923. The van der Waals surface area contributed by atoms with Crippen LogP contribution < -0.4 is 4.74 Å². The summed E-state index contributed by atoms with van der Waals surface area (Å²) in [6.45, 7) is 6.53. The first kappa shape index (κ1) is 20.9. The van der Waals surface area contributed by atoms with Crippen molar-refractivity contribution >= 4 is 11.0 Å². The maximum atomic E-state index is 6.03. The summed E-state index contributed by atoms with van der Waals surface area (Å²) in [4.78, 5) is 7.35. The lowest BCUT2D eigenvalue weighted by atomic mass is 9.93. The molecule has 4 nitrogen and oxygen atoms in total. The third-order valence-corrected chi connectivity index (χ3v) is 6.37. The molecule has 0 bridgehead atoms. The number of hydrogen-bond donors (Lipinski definition) is 0. The Balaban J connectivity index is 1.36. The van der Waals surface area contributed by atoms with Gasteiger partial charge in [0.2, 0.25) is 0 Å². The topological polar surface area (TPSA) is 30.3 Å². The Morgan fingerprint density at radius 1 is 1.00 bits per heavy atom. The van der Waals surface area contributed by atoms with Crippen molar-refractivity contribution in [2.45, 2.75) is 52.0 Å². The zero-order chi connectivity index (χ0) is 20.8. The van der Waals surface area contributed by atoms with Gasteiger partial charge in [0.25, 0.3) is 0 Å². The highest BCUT2D eigenvalue weighted by Crippen LogP contribution is 2.27. The molecule has 0 radical (unpaired) electrons. The third-order valence-electron chi connectivity index (χ3n) is 6.37. The van der Waals surface area contributed by atoms with Crippen molar-refractivity contribution in [1.82, 2.24) is 14.5 Å². The van der Waals surface area contributed by atoms with Crippen LogP contribution in [0.3, 0.4) is 0 Å². The van der Waals surface area contributed by atoms with Gasteiger partial charge in [-0.05, 0) is 94.6 Å². The van der Waals surface area contributed by atoms with Gasteiger partial charge in [-0.3, -0.25) is 0 Å². The van der Waals surface area contributed by atoms with E-state index in [1.54, 1.807) is 0 Å². The maximum absolute atomic E-state index is 6.03. The van der Waals surface area contributed by atoms with E-state index < -0.39 is 0 Å². The predicted octanol–water partition coefficient (Wildman–Crippen LogP) is 6.00. The van der Waals surface area contributed by atoms with Gasteiger partial charge in [-0.1, -0.05) is 25.5 Å². The normalized spacial score (nSPS) is 15.7. The summed E-state index contributed by atoms with van der Waals surface area (Å²) in [5, 5.41) is 0. The molecule has 4 heteroatoms. The first-order valence-corrected chi connectivity index (χ1v) is 11.6. The predicted molar refractivity (Wildman–Crippen MR) is 125 cm³/mol. The summed E-state index contributed by atoms with van der Waals surface area (Å²) in [5.74, 6) is 2.89. The standard InChI is InChI=1S/C26H35N3O/c1-3-4-17-29-25-10-6-5-9-24(25)27-26(29)22-11-13-23(14-12-22)30-20-7-8-21-15-18-28(2)19-16-21/h5-6,9-14,21H,3-4,7-8,15-20H2,1-2H3. The minimum Gasteiger partial charge on any atom is -0.494 e. The summed E-state index contributed by atoms with van der Waals surface area (Å²) in [6.07, 6.45) is 7.44. The largest absolute Gasteiger partial charge is 0.494 e. The minimum absolute atomic E-state index is 0.806. The number of hydrogen-bond acceptors (Lipinski definition) is 3. The summed E-state index contributed by atoms with van der Waals surface area (Å²) < 4.78 is 8.38. The van der Waals surface area contributed by atoms with Gasteiger partial charge in [-0.15, -0.1) is 0 Å². The smallest absolute Gasteiger partial charge is 0.141 e. The van der Waals surface area contributed by atoms with Gasteiger partial charge in [-0.2, -0.15) is 0 Å². The number of likely N-dealkylation sites (tertiary alicyclic amines) is 1. The molecule has 2 aromatic carbocycles. The number of aryl methyl sites for hydroxylation is 1. The van der Waals surface area contributed by atoms with Crippen LogP contribution in [-0.2, 0) is 6.54 Å². The minimum atomic E-state index is 0.806. The number of aromatic nitrogens is 2. The highest BCUT2D eigenvalue weighted by Gasteiger charge is 2.16. The van der Waals surface area contributed by atoms with Crippen LogP contribution in [0.4, 0.5) is 0 Å². The Labute approximate surface area is 180 Å². The van der Waals surface area contributed by atoms with Crippen LogP contribution >= 0.6 is 0 Å². The van der Waals surface area contributed by atoms with Crippen LogP contribution in [0.25, 0.3) is 22.4 Å². The lowest BCUT2D eigenvalue weighted by molar-refractivity contribution is 0.200. The van der Waals surface area contributed by atoms with Crippen molar-refractivity contribution in [1.29, 1.82) is 0 Å². The number of rotatable bonds is 9. The van der Waals surface area contributed by atoms with E-state index in [0.29, 0.717) is 0 Å². The molecule has 0 saturated carbocycles. The number of fused-ring (bicyclic) bond motifs is 1. The molecule has 0 unspecified atom stereocenters. The average molecular weight is 406 g/mol. The van der Waals surface area contributed by atoms with Gasteiger partial charge in [0.05, 0.1) is 17.6 Å². The van der Waals surface area contributed by atoms with E-state index in [0.717, 1.165) is 54.6 Å². The second kappa shape index (κ2) is 10.1. The molecule has 1 fully saturated rings. The fourth-order valence-corrected chi connectivity index (χ4v) is 4.45. The summed E-state index contributed by atoms with van der Waals surface area (Å²) >= 11 is 0. The molecule has 1 saturated heterocycles. The zero-order valence-corrected chi connectivity index (χ0v) is 18.5. The van der Waals surface area contributed by atoms with E-state index in [9.17, 15) is 0 Å². The van der Waals surface area contributed by atoms with Crippen LogP contribution in [0.15, 0.2) is 48.5 Å². The molecule has 1 aromatic heterocycles. The summed E-state index contributed by atoms with van der Waals surface area (Å²) in [5.41, 5.74) is 3.44. The number of imidazole rings is 1. The van der Waals surface area contributed by atoms with Gasteiger partial charge < -0.3 is 14.2 Å². The van der Waals surface area contributed by atoms with Crippen molar-refractivity contribution in [2.75, 3.05) is 26.7 Å². The lowest BCUT2D eigenvalue weighted by Gasteiger charge is -2.28. The zero-order valence-electron chi connectivity index (χ0n) is 18.5. The molecular formula is C26H35N3O. The van der Waals surface area contributed by atoms with Crippen molar-refractivity contribution in [2.24, 2.45) is 5.92 Å². The van der Waals surface area contributed by atoms with Gasteiger partial charge in [0.1, 0.15) is 11.6 Å². The number of nitrogens with zero attached hydrogens (tertiary/aromatic N) is 3. The second-order valence-corrected chi connectivity index (χ2v) is 8.69. The van der Waals surface area contributed by atoms with E-state index in [1.165, 1.54) is 44.3 Å². The molecule has 2 heterocycles. The first-order chi connectivity index (χ1) is 14.7. The van der Waals surface area contributed by atoms with Gasteiger partial charge >= 0.3 is 0 Å². The molecule has 1 aliphatic heterocycles. The molecular weight excluding hydrogens is 370 g/mol. The van der Waals surface area contributed by atoms with E-state index in [2.05, 4.69) is 72.0 Å². The van der Waals surface area contributed by atoms with Crippen molar-refractivity contribution in [3.05, 3.63) is 48.5 Å². The highest BCUT2D eigenvalue weighted by atomic mass is 16.5. The number of benzene rings is 2. The fourth-order valence-electron chi connectivity index (χ4n) is 4.45. The van der Waals surface area contributed by atoms with Crippen LogP contribution in [0.5, 0.6) is 5.75 Å². The molecule has 30 heavy (non-hydrogen) atoms. The molecule has 0 atom stereocenters. The SMILES string of the molecule is CCCCn1c(-c2ccc(OCCCC3CCN(C)CC3)cc2)nc2ccccc21. The van der Waals surface area contributed by atoms with Crippen LogP contribution in [0.1, 0.15) is 45.4 Å². The Kier molecular flexibility index (Phi) is 7.06. The third kappa shape index (κ3) is 5.04. The number of ether oxygens (including phenoxy) is 1. The maximum Gasteiger partial charge on any atom is 0.141 e. The highest BCUT2D eigenvalue weighted by molar-refractivity contribution is 5.80. The molecule has 160 valence electrons. The van der Waals surface area contributed by atoms with Gasteiger partial charge in [0, 0.05) is 12.1 Å². The number of piperidine rings is 1. The first-order valence-electron chi connectivity index (χ1n) is 11.6. The molecule has 4 rings (SSSR count). The van der Waals surface area contributed by atoms with Crippen LogP contribution in [0, 0.1) is 5.92 Å². The van der Waals surface area contributed by atoms with Crippen molar-refractivity contribution < 1.29 is 4.74 Å². The van der Waals surface area contributed by atoms with Crippen molar-refractivity contribution in [3.63, 3.8) is 0 Å². The van der Waals surface area contributed by atoms with Gasteiger partial charge in [0.15, 0.2) is 0 Å². The summed E-state index contributed by atoms with van der Waals surface area (Å²) in [6, 6.07) is 16.9. The van der Waals surface area contributed by atoms with Gasteiger partial charge in [-0.25, -0.2) is 4.98 Å². The Morgan fingerprint density at radius 2 is 1.77 bits per heavy atom. The van der Waals surface area contributed by atoms with Crippen LogP contribution in [0.2, 0.25) is 0 Å². The fraction of sp³-hybridized carbons (Fsp3) is 0.500. The molecule has 0 spiro atoms. The van der Waals surface area contributed by atoms with Crippen LogP contribution in [-0.4, -0.2) is 41.2 Å². The molecule has 0 aliphatic carbocycles. The number of para-hydroxylation sites is 2.